The molecule has 0 radical (unpaired) electrons. The quantitative estimate of drug-likeness (QED) is 0.294. The Balaban J connectivity index is 3.09. The second-order valence-corrected chi connectivity index (χ2v) is 6.63. The van der Waals surface area contributed by atoms with Gasteiger partial charge in [-0.2, -0.15) is 0 Å². The number of unbranched alkanes of at least 4 members (excludes halogenated alkanes) is 12. The number of hydrogen-bond acceptors (Lipinski definition) is 2. The first-order chi connectivity index (χ1) is 10.2. The van der Waals surface area contributed by atoms with Gasteiger partial charge in [0.05, 0.1) is 18.1 Å². The van der Waals surface area contributed by atoms with Gasteiger partial charge < -0.3 is 10.2 Å². The molecule has 0 aliphatic carbocycles. The minimum absolute atomic E-state index is 0.125. The number of aliphatic hydroxyl groups excluding tert-OH is 2. The van der Waals surface area contributed by atoms with E-state index in [0.29, 0.717) is 6.42 Å². The lowest BCUT2D eigenvalue weighted by Crippen LogP contribution is -2.27. The molecule has 0 amide bonds. The van der Waals surface area contributed by atoms with Crippen LogP contribution in [0.3, 0.4) is 0 Å². The molecule has 0 saturated heterocycles. The Hall–Kier alpha value is 0.210. The summed E-state index contributed by atoms with van der Waals surface area (Å²) in [6, 6.07) is 0. The molecule has 3 heteroatoms. The van der Waals surface area contributed by atoms with Crippen molar-refractivity contribution in [1.29, 1.82) is 0 Å². The third kappa shape index (κ3) is 14.9. The van der Waals surface area contributed by atoms with Crippen molar-refractivity contribution in [3.05, 3.63) is 0 Å². The summed E-state index contributed by atoms with van der Waals surface area (Å²) in [5.74, 6) is 0.125. The van der Waals surface area contributed by atoms with Crippen LogP contribution in [0.5, 0.6) is 0 Å². The van der Waals surface area contributed by atoms with Gasteiger partial charge in [-0.1, -0.05) is 90.4 Å². The second-order valence-electron chi connectivity index (χ2n) is 6.32. The van der Waals surface area contributed by atoms with Crippen molar-refractivity contribution in [2.75, 3.05) is 5.88 Å². The highest BCUT2D eigenvalue weighted by Crippen LogP contribution is 2.14. The summed E-state index contributed by atoms with van der Waals surface area (Å²) in [4.78, 5) is 0. The van der Waals surface area contributed by atoms with E-state index in [4.69, 9.17) is 11.6 Å². The fourth-order valence-corrected chi connectivity index (χ4v) is 2.87. The first-order valence-corrected chi connectivity index (χ1v) is 9.68. The van der Waals surface area contributed by atoms with E-state index in [2.05, 4.69) is 6.92 Å². The largest absolute Gasteiger partial charge is 0.390 e. The maximum absolute atomic E-state index is 9.56. The van der Waals surface area contributed by atoms with Gasteiger partial charge in [-0.15, -0.1) is 11.6 Å². The average molecular weight is 321 g/mol. The number of alkyl halides is 1. The molecule has 0 fully saturated rings. The van der Waals surface area contributed by atoms with Gasteiger partial charge in [0.25, 0.3) is 0 Å². The van der Waals surface area contributed by atoms with Crippen molar-refractivity contribution >= 4 is 11.6 Å². The Bertz CT molecular complexity index is 200. The Morgan fingerprint density at radius 2 is 1.00 bits per heavy atom. The molecule has 0 rings (SSSR count). The van der Waals surface area contributed by atoms with E-state index in [-0.39, 0.29) is 5.88 Å². The Labute approximate surface area is 137 Å². The normalized spacial score (nSPS) is 14.3. The van der Waals surface area contributed by atoms with Gasteiger partial charge in [-0.25, -0.2) is 0 Å². The highest BCUT2D eigenvalue weighted by Gasteiger charge is 2.13. The van der Waals surface area contributed by atoms with Crippen LogP contribution in [0, 0.1) is 0 Å². The number of rotatable bonds is 16. The molecule has 0 aliphatic rings. The van der Waals surface area contributed by atoms with Crippen LogP contribution >= 0.6 is 11.6 Å². The van der Waals surface area contributed by atoms with E-state index in [1.807, 2.05) is 0 Å². The van der Waals surface area contributed by atoms with Gasteiger partial charge in [0.1, 0.15) is 0 Å². The minimum atomic E-state index is -0.760. The monoisotopic (exact) mass is 320 g/mol. The molecule has 0 aliphatic heterocycles. The van der Waals surface area contributed by atoms with E-state index in [1.165, 1.54) is 70.6 Å². The van der Waals surface area contributed by atoms with Crippen LogP contribution in [0.4, 0.5) is 0 Å². The number of hydrogen-bond donors (Lipinski definition) is 2. The standard InChI is InChI=1S/C18H37ClO2/c1-2-3-4-5-6-7-8-9-10-11-12-13-14-15-17(20)18(21)16-19/h17-18,20-21H,2-16H2,1H3/t17-,18-/m1/s1. The van der Waals surface area contributed by atoms with Crippen molar-refractivity contribution in [1.82, 2.24) is 0 Å². The van der Waals surface area contributed by atoms with Crippen molar-refractivity contribution < 1.29 is 10.2 Å². The summed E-state index contributed by atoms with van der Waals surface area (Å²) in [7, 11) is 0. The maximum Gasteiger partial charge on any atom is 0.0933 e. The molecule has 0 saturated carbocycles. The van der Waals surface area contributed by atoms with Gasteiger partial charge in [-0.05, 0) is 6.42 Å². The number of aliphatic hydroxyl groups is 2. The van der Waals surface area contributed by atoms with Crippen molar-refractivity contribution in [2.24, 2.45) is 0 Å². The molecule has 0 aromatic heterocycles. The summed E-state index contributed by atoms with van der Waals surface area (Å²) < 4.78 is 0. The Kier molecular flexibility index (Phi) is 16.7. The van der Waals surface area contributed by atoms with E-state index in [0.717, 1.165) is 12.8 Å². The topological polar surface area (TPSA) is 40.5 Å². The zero-order chi connectivity index (χ0) is 15.8. The molecule has 21 heavy (non-hydrogen) atoms. The molecule has 2 atom stereocenters. The fraction of sp³-hybridized carbons (Fsp3) is 1.00. The lowest BCUT2D eigenvalue weighted by atomic mass is 10.0. The first-order valence-electron chi connectivity index (χ1n) is 9.14. The van der Waals surface area contributed by atoms with Crippen molar-refractivity contribution in [2.45, 2.75) is 109 Å². The molecule has 0 aromatic carbocycles. The lowest BCUT2D eigenvalue weighted by molar-refractivity contribution is 0.0267. The SMILES string of the molecule is CCCCCCCCCCCCCCC[C@@H](O)[C@H](O)CCl. The maximum atomic E-state index is 9.56. The molecule has 0 unspecified atom stereocenters. The van der Waals surface area contributed by atoms with Crippen molar-refractivity contribution in [3.63, 3.8) is 0 Å². The minimum Gasteiger partial charge on any atom is -0.390 e. The second kappa shape index (κ2) is 16.6. The summed E-state index contributed by atoms with van der Waals surface area (Å²) in [6.07, 6.45) is 16.5. The molecular weight excluding hydrogens is 284 g/mol. The third-order valence-corrected chi connectivity index (χ3v) is 4.52. The van der Waals surface area contributed by atoms with E-state index in [1.54, 1.807) is 0 Å². The number of halogens is 1. The molecule has 0 heterocycles. The first kappa shape index (κ1) is 21.2. The van der Waals surface area contributed by atoms with Crippen LogP contribution < -0.4 is 0 Å². The van der Waals surface area contributed by atoms with Gasteiger partial charge in [0, 0.05) is 0 Å². The van der Waals surface area contributed by atoms with Crippen molar-refractivity contribution in [3.8, 4) is 0 Å². The van der Waals surface area contributed by atoms with Crippen LogP contribution in [0.25, 0.3) is 0 Å². The highest BCUT2D eigenvalue weighted by molar-refractivity contribution is 6.18. The predicted molar refractivity (Wildman–Crippen MR) is 93.0 cm³/mol. The lowest BCUT2D eigenvalue weighted by Gasteiger charge is -2.14. The van der Waals surface area contributed by atoms with E-state index >= 15 is 0 Å². The van der Waals surface area contributed by atoms with Gasteiger partial charge in [0.15, 0.2) is 0 Å². The molecule has 0 spiro atoms. The van der Waals surface area contributed by atoms with Crippen LogP contribution in [0.2, 0.25) is 0 Å². The Morgan fingerprint density at radius 3 is 1.38 bits per heavy atom. The zero-order valence-electron chi connectivity index (χ0n) is 14.0. The molecule has 2 nitrogen and oxygen atoms in total. The smallest absolute Gasteiger partial charge is 0.0933 e. The molecule has 2 N–H and O–H groups in total. The molecule has 128 valence electrons. The summed E-state index contributed by atoms with van der Waals surface area (Å²) in [6.45, 7) is 2.26. The van der Waals surface area contributed by atoms with Crippen LogP contribution in [0.15, 0.2) is 0 Å². The average Bonchev–Trinajstić information content (AvgIpc) is 2.50. The summed E-state index contributed by atoms with van der Waals surface area (Å²) in [5, 5.41) is 18.9. The van der Waals surface area contributed by atoms with Crippen LogP contribution in [-0.2, 0) is 0 Å². The molecule has 0 bridgehead atoms. The zero-order valence-corrected chi connectivity index (χ0v) is 14.8. The molecule has 0 aromatic rings. The van der Waals surface area contributed by atoms with E-state index < -0.39 is 12.2 Å². The van der Waals surface area contributed by atoms with Gasteiger partial charge in [-0.3, -0.25) is 0 Å². The van der Waals surface area contributed by atoms with Gasteiger partial charge in [0.2, 0.25) is 0 Å². The summed E-state index contributed by atoms with van der Waals surface area (Å²) >= 11 is 5.50. The Morgan fingerprint density at radius 1 is 0.619 bits per heavy atom. The highest BCUT2D eigenvalue weighted by atomic mass is 35.5. The van der Waals surface area contributed by atoms with Gasteiger partial charge >= 0.3 is 0 Å². The summed E-state index contributed by atoms with van der Waals surface area (Å²) in [5.41, 5.74) is 0. The third-order valence-electron chi connectivity index (χ3n) is 4.21. The van der Waals surface area contributed by atoms with Crippen LogP contribution in [-0.4, -0.2) is 28.3 Å². The predicted octanol–water partition coefficient (Wildman–Crippen LogP) is 5.43. The van der Waals surface area contributed by atoms with E-state index in [9.17, 15) is 10.2 Å². The van der Waals surface area contributed by atoms with Crippen LogP contribution in [0.1, 0.15) is 96.8 Å². The molecular formula is C18H37ClO2. The fourth-order valence-electron chi connectivity index (χ4n) is 2.67.